The van der Waals surface area contributed by atoms with E-state index in [9.17, 15) is 9.90 Å². The molecule has 2 aromatic rings. The number of carbonyl (C=O) groups is 1. The molecule has 31 heavy (non-hydrogen) atoms. The van der Waals surface area contributed by atoms with Crippen LogP contribution >= 0.6 is 11.3 Å². The zero-order valence-corrected chi connectivity index (χ0v) is 20.1. The van der Waals surface area contributed by atoms with Crippen LogP contribution < -0.4 is 4.74 Å². The highest BCUT2D eigenvalue weighted by atomic mass is 32.1. The fourth-order valence-electron chi connectivity index (χ4n) is 4.31. The van der Waals surface area contributed by atoms with Crippen LogP contribution in [0, 0.1) is 13.8 Å². The Labute approximate surface area is 190 Å². The van der Waals surface area contributed by atoms with E-state index in [4.69, 9.17) is 4.74 Å². The second-order valence-electron chi connectivity index (χ2n) is 8.50. The van der Waals surface area contributed by atoms with E-state index < -0.39 is 0 Å². The first-order valence-corrected chi connectivity index (χ1v) is 12.3. The summed E-state index contributed by atoms with van der Waals surface area (Å²) in [7, 11) is 0. The highest BCUT2D eigenvalue weighted by molar-refractivity contribution is 7.10. The van der Waals surface area contributed by atoms with Crippen molar-refractivity contribution in [2.75, 3.05) is 32.8 Å². The van der Waals surface area contributed by atoms with Crippen LogP contribution in [0.2, 0.25) is 0 Å². The minimum absolute atomic E-state index is 0.0810. The highest BCUT2D eigenvalue weighted by Gasteiger charge is 2.33. The molecule has 0 aliphatic carbocycles. The first-order valence-electron chi connectivity index (χ1n) is 11.4. The lowest BCUT2D eigenvalue weighted by molar-refractivity contribution is -0.136. The molecule has 1 aromatic carbocycles. The van der Waals surface area contributed by atoms with Crippen LogP contribution in [-0.4, -0.2) is 59.7 Å². The lowest BCUT2D eigenvalue weighted by Crippen LogP contribution is -2.47. The topological polar surface area (TPSA) is 53.0 Å². The molecule has 1 aliphatic heterocycles. The summed E-state index contributed by atoms with van der Waals surface area (Å²) in [4.78, 5) is 18.7. The summed E-state index contributed by atoms with van der Waals surface area (Å²) < 4.78 is 6.22. The zero-order chi connectivity index (χ0) is 22.4. The smallest absolute Gasteiger partial charge is 0.237 e. The third kappa shape index (κ3) is 6.09. The number of amides is 1. The van der Waals surface area contributed by atoms with Gasteiger partial charge < -0.3 is 14.7 Å². The van der Waals surface area contributed by atoms with Crippen LogP contribution in [0.25, 0.3) is 0 Å². The number of fused-ring (bicyclic) bond motifs is 1. The third-order valence-corrected chi connectivity index (χ3v) is 7.04. The fourth-order valence-corrected chi connectivity index (χ4v) is 5.24. The number of aliphatic hydroxyl groups excluding tert-OH is 1. The molecule has 0 spiro atoms. The maximum atomic E-state index is 13.3. The van der Waals surface area contributed by atoms with E-state index in [1.54, 1.807) is 11.3 Å². The van der Waals surface area contributed by atoms with Gasteiger partial charge in [0.25, 0.3) is 0 Å². The van der Waals surface area contributed by atoms with Crippen LogP contribution in [0.15, 0.2) is 29.6 Å². The summed E-state index contributed by atoms with van der Waals surface area (Å²) in [5, 5.41) is 12.3. The van der Waals surface area contributed by atoms with Crippen LogP contribution in [0.4, 0.5) is 0 Å². The van der Waals surface area contributed by atoms with E-state index in [0.29, 0.717) is 26.2 Å². The highest BCUT2D eigenvalue weighted by Crippen LogP contribution is 2.34. The molecular weight excluding hydrogens is 408 g/mol. The Morgan fingerprint density at radius 3 is 2.84 bits per heavy atom. The van der Waals surface area contributed by atoms with Gasteiger partial charge in [-0.25, -0.2) is 0 Å². The molecule has 0 saturated carbocycles. The van der Waals surface area contributed by atoms with E-state index in [2.05, 4.69) is 44.4 Å². The lowest BCUT2D eigenvalue weighted by Gasteiger charge is -2.37. The summed E-state index contributed by atoms with van der Waals surface area (Å²) in [6.07, 6.45) is 2.21. The van der Waals surface area contributed by atoms with E-state index in [-0.39, 0.29) is 18.1 Å². The van der Waals surface area contributed by atoms with Crippen molar-refractivity contribution in [2.24, 2.45) is 0 Å². The number of hydrogen-bond acceptors (Lipinski definition) is 5. The predicted molar refractivity (Wildman–Crippen MR) is 127 cm³/mol. The van der Waals surface area contributed by atoms with Crippen molar-refractivity contribution in [3.8, 4) is 5.75 Å². The van der Waals surface area contributed by atoms with Crippen LogP contribution in [0.3, 0.4) is 0 Å². The van der Waals surface area contributed by atoms with E-state index >= 15 is 0 Å². The van der Waals surface area contributed by atoms with E-state index in [1.165, 1.54) is 16.0 Å². The molecule has 2 heterocycles. The summed E-state index contributed by atoms with van der Waals surface area (Å²) in [5.74, 6) is 0.981. The molecule has 1 N–H and O–H groups in total. The van der Waals surface area contributed by atoms with Gasteiger partial charge in [0.2, 0.25) is 5.91 Å². The van der Waals surface area contributed by atoms with Gasteiger partial charge in [0.1, 0.15) is 12.4 Å². The maximum absolute atomic E-state index is 13.3. The van der Waals surface area contributed by atoms with Crippen molar-refractivity contribution in [3.05, 3.63) is 51.2 Å². The van der Waals surface area contributed by atoms with Crippen LogP contribution in [0.5, 0.6) is 5.75 Å². The number of benzene rings is 1. The quantitative estimate of drug-likeness (QED) is 0.592. The number of carbonyl (C=O) groups excluding carboxylic acids is 1. The fraction of sp³-hybridized carbons (Fsp3) is 0.560. The van der Waals surface area contributed by atoms with Crippen molar-refractivity contribution in [1.82, 2.24) is 9.80 Å². The van der Waals surface area contributed by atoms with Gasteiger partial charge >= 0.3 is 0 Å². The van der Waals surface area contributed by atoms with E-state index in [1.807, 2.05) is 22.8 Å². The number of thiophene rings is 1. The summed E-state index contributed by atoms with van der Waals surface area (Å²) in [6.45, 7) is 11.0. The summed E-state index contributed by atoms with van der Waals surface area (Å²) >= 11 is 1.76. The largest absolute Gasteiger partial charge is 0.491 e. The van der Waals surface area contributed by atoms with Gasteiger partial charge in [0.05, 0.1) is 18.7 Å². The Kier molecular flexibility index (Phi) is 8.52. The lowest BCUT2D eigenvalue weighted by atomic mass is 10.00. The van der Waals surface area contributed by atoms with Crippen molar-refractivity contribution in [1.29, 1.82) is 0 Å². The van der Waals surface area contributed by atoms with Crippen LogP contribution in [-0.2, 0) is 11.2 Å². The Bertz CT molecular complexity index is 866. The second-order valence-corrected chi connectivity index (χ2v) is 9.50. The number of aryl methyl sites for hydroxylation is 2. The number of likely N-dealkylation sites (N-methyl/N-ethyl adjacent to an activating group) is 1. The van der Waals surface area contributed by atoms with Crippen molar-refractivity contribution in [2.45, 2.75) is 59.1 Å². The maximum Gasteiger partial charge on any atom is 0.237 e. The molecule has 5 nitrogen and oxygen atoms in total. The number of nitrogens with zero attached hydrogens (tertiary/aromatic N) is 2. The standard InChI is InChI=1S/C25H36N2O3S/c1-5-7-20(28)15-26(6-2)16-25(29)27-12-10-24-21(11-13-31-24)22(27)17-30-23-9-8-18(3)14-19(23)4/h8-9,11,13-14,20,22,28H,5-7,10,12,15-17H2,1-4H3/t20-,22-/m1/s1. The van der Waals surface area contributed by atoms with Gasteiger partial charge in [-0.2, -0.15) is 0 Å². The van der Waals surface area contributed by atoms with Crippen molar-refractivity contribution in [3.63, 3.8) is 0 Å². The molecular formula is C25H36N2O3S. The average Bonchev–Trinajstić information content (AvgIpc) is 3.21. The molecule has 0 fully saturated rings. The van der Waals surface area contributed by atoms with Crippen LogP contribution in [0.1, 0.15) is 54.3 Å². The van der Waals surface area contributed by atoms with Gasteiger partial charge in [0.15, 0.2) is 0 Å². The van der Waals surface area contributed by atoms with Gasteiger partial charge in [-0.05, 0) is 61.9 Å². The average molecular weight is 445 g/mol. The van der Waals surface area contributed by atoms with E-state index in [0.717, 1.165) is 37.1 Å². The Hall–Kier alpha value is -1.89. The first-order chi connectivity index (χ1) is 14.9. The number of aliphatic hydroxyl groups is 1. The first kappa shape index (κ1) is 23.8. The second kappa shape index (κ2) is 11.1. The number of rotatable bonds is 10. The van der Waals surface area contributed by atoms with Gasteiger partial charge in [-0.1, -0.05) is 38.0 Å². The molecule has 0 saturated heterocycles. The molecule has 0 unspecified atom stereocenters. The predicted octanol–water partition coefficient (Wildman–Crippen LogP) is 4.35. The molecule has 6 heteroatoms. The SMILES string of the molecule is CCC[C@@H](O)CN(CC)CC(=O)N1CCc2sccc2[C@H]1COc1ccc(C)cc1C. The van der Waals surface area contributed by atoms with Gasteiger partial charge in [0, 0.05) is 18.0 Å². The number of hydrogen-bond donors (Lipinski definition) is 1. The van der Waals surface area contributed by atoms with Gasteiger partial charge in [-0.3, -0.25) is 9.69 Å². The molecule has 1 aliphatic rings. The molecule has 2 atom stereocenters. The summed E-state index contributed by atoms with van der Waals surface area (Å²) in [6, 6.07) is 8.25. The van der Waals surface area contributed by atoms with Crippen molar-refractivity contribution < 1.29 is 14.6 Å². The Morgan fingerprint density at radius 2 is 2.13 bits per heavy atom. The molecule has 3 rings (SSSR count). The minimum Gasteiger partial charge on any atom is -0.491 e. The molecule has 0 bridgehead atoms. The third-order valence-electron chi connectivity index (χ3n) is 6.04. The summed E-state index contributed by atoms with van der Waals surface area (Å²) in [5.41, 5.74) is 3.54. The normalized spacial score (nSPS) is 17.0. The molecule has 1 aromatic heterocycles. The molecule has 0 radical (unpaired) electrons. The number of ether oxygens (including phenoxy) is 1. The minimum atomic E-state index is -0.383. The Balaban J connectivity index is 1.72. The zero-order valence-electron chi connectivity index (χ0n) is 19.3. The van der Waals surface area contributed by atoms with Gasteiger partial charge in [-0.15, -0.1) is 11.3 Å². The molecule has 1 amide bonds. The monoisotopic (exact) mass is 444 g/mol. The molecule has 170 valence electrons. The van der Waals surface area contributed by atoms with Crippen molar-refractivity contribution >= 4 is 17.2 Å². The Morgan fingerprint density at radius 1 is 1.32 bits per heavy atom.